The lowest BCUT2D eigenvalue weighted by molar-refractivity contribution is -0.125. The molecular weight excluding hydrogens is 204 g/mol. The number of nitrogens with one attached hydrogen (secondary N) is 1. The van der Waals surface area contributed by atoms with Gasteiger partial charge in [-0.25, -0.2) is 0 Å². The maximum atomic E-state index is 11.2. The van der Waals surface area contributed by atoms with Gasteiger partial charge in [0, 0.05) is 12.8 Å². The second kappa shape index (κ2) is 6.29. The summed E-state index contributed by atoms with van der Waals surface area (Å²) in [5.74, 6) is 5.41. The van der Waals surface area contributed by atoms with Gasteiger partial charge in [-0.15, -0.1) is 5.92 Å². The van der Waals surface area contributed by atoms with Crippen molar-refractivity contribution < 1.29 is 9.59 Å². The molecule has 1 atom stereocenters. The lowest BCUT2D eigenvalue weighted by atomic mass is 10.0. The lowest BCUT2D eigenvalue weighted by Crippen LogP contribution is -2.23. The fourth-order valence-electron chi connectivity index (χ4n) is 1.58. The zero-order valence-corrected chi connectivity index (χ0v) is 9.88. The van der Waals surface area contributed by atoms with Crippen LogP contribution in [0.3, 0.4) is 0 Å². The van der Waals surface area contributed by atoms with E-state index in [0.29, 0.717) is 12.8 Å². The van der Waals surface area contributed by atoms with Gasteiger partial charge >= 0.3 is 0 Å². The van der Waals surface area contributed by atoms with Crippen molar-refractivity contribution in [1.82, 2.24) is 10.2 Å². The van der Waals surface area contributed by atoms with E-state index in [9.17, 15) is 9.59 Å². The van der Waals surface area contributed by atoms with Crippen molar-refractivity contribution in [2.45, 2.75) is 26.7 Å². The van der Waals surface area contributed by atoms with Gasteiger partial charge in [0.25, 0.3) is 0 Å². The van der Waals surface area contributed by atoms with Crippen LogP contribution in [-0.2, 0) is 9.59 Å². The summed E-state index contributed by atoms with van der Waals surface area (Å²) in [5, 5.41) is 2.28. The number of hydrogen-bond donors (Lipinski definition) is 1. The van der Waals surface area contributed by atoms with Crippen LogP contribution in [0.5, 0.6) is 0 Å². The van der Waals surface area contributed by atoms with Crippen molar-refractivity contribution in [2.75, 3.05) is 19.6 Å². The molecular formula is C12H18N2O2. The first-order valence-corrected chi connectivity index (χ1v) is 5.69. The molecule has 0 aliphatic carbocycles. The van der Waals surface area contributed by atoms with Crippen molar-refractivity contribution in [3.63, 3.8) is 0 Å². The van der Waals surface area contributed by atoms with E-state index in [1.165, 1.54) is 0 Å². The number of hydrogen-bond acceptors (Lipinski definition) is 3. The van der Waals surface area contributed by atoms with Gasteiger partial charge in [-0.05, 0) is 13.1 Å². The van der Waals surface area contributed by atoms with E-state index >= 15 is 0 Å². The second-order valence-electron chi connectivity index (χ2n) is 3.83. The summed E-state index contributed by atoms with van der Waals surface area (Å²) in [5.41, 5.74) is 0. The number of nitrogens with zero attached hydrogens (tertiary/aromatic N) is 1. The van der Waals surface area contributed by atoms with Gasteiger partial charge in [0.15, 0.2) is 0 Å². The minimum absolute atomic E-state index is 0.179. The van der Waals surface area contributed by atoms with Gasteiger partial charge in [0.2, 0.25) is 11.8 Å². The number of carbonyl (C=O) groups excluding carboxylic acids is 2. The van der Waals surface area contributed by atoms with Crippen LogP contribution in [0, 0.1) is 17.8 Å². The SMILES string of the molecule is CCN(CC)CC#CCC1CC(=O)NC1=O. The fourth-order valence-corrected chi connectivity index (χ4v) is 1.58. The molecule has 1 rings (SSSR count). The standard InChI is InChI=1S/C12H18N2O2/c1-3-14(4-2)8-6-5-7-10-9-11(15)13-12(10)16/h10H,3-4,7-9H2,1-2H3,(H,13,15,16). The summed E-state index contributed by atoms with van der Waals surface area (Å²) in [7, 11) is 0. The summed E-state index contributed by atoms with van der Waals surface area (Å²) in [6, 6.07) is 0. The van der Waals surface area contributed by atoms with Crippen LogP contribution in [0.4, 0.5) is 0 Å². The Morgan fingerprint density at radius 1 is 1.31 bits per heavy atom. The lowest BCUT2D eigenvalue weighted by Gasteiger charge is -2.13. The molecule has 4 heteroatoms. The molecule has 16 heavy (non-hydrogen) atoms. The van der Waals surface area contributed by atoms with E-state index < -0.39 is 0 Å². The average Bonchev–Trinajstić information content (AvgIpc) is 2.58. The van der Waals surface area contributed by atoms with Gasteiger partial charge < -0.3 is 0 Å². The summed E-state index contributed by atoms with van der Waals surface area (Å²) in [6.45, 7) is 6.87. The molecule has 0 radical (unpaired) electrons. The molecule has 0 saturated carbocycles. The van der Waals surface area contributed by atoms with Crippen LogP contribution in [-0.4, -0.2) is 36.3 Å². The second-order valence-corrected chi connectivity index (χ2v) is 3.83. The Balaban J connectivity index is 2.32. The molecule has 0 spiro atoms. The largest absolute Gasteiger partial charge is 0.296 e. The van der Waals surface area contributed by atoms with Crippen molar-refractivity contribution in [3.8, 4) is 11.8 Å². The summed E-state index contributed by atoms with van der Waals surface area (Å²) >= 11 is 0. The maximum Gasteiger partial charge on any atom is 0.231 e. The Morgan fingerprint density at radius 2 is 2.00 bits per heavy atom. The van der Waals surface area contributed by atoms with Crippen molar-refractivity contribution in [3.05, 3.63) is 0 Å². The van der Waals surface area contributed by atoms with Gasteiger partial charge in [-0.3, -0.25) is 19.8 Å². The normalized spacial score (nSPS) is 19.6. The molecule has 1 unspecified atom stereocenters. The van der Waals surface area contributed by atoms with Gasteiger partial charge in [0.1, 0.15) is 0 Å². The number of imide groups is 1. The van der Waals surface area contributed by atoms with Crippen molar-refractivity contribution in [2.24, 2.45) is 5.92 Å². The molecule has 4 nitrogen and oxygen atoms in total. The molecule has 1 aliphatic heterocycles. The fraction of sp³-hybridized carbons (Fsp3) is 0.667. The predicted octanol–water partition coefficient (Wildman–Crippen LogP) is 0.384. The Kier molecular flexibility index (Phi) is 5.00. The highest BCUT2D eigenvalue weighted by molar-refractivity contribution is 6.03. The third-order valence-electron chi connectivity index (χ3n) is 2.74. The summed E-state index contributed by atoms with van der Waals surface area (Å²) < 4.78 is 0. The van der Waals surface area contributed by atoms with E-state index in [0.717, 1.165) is 19.6 Å². The molecule has 1 N–H and O–H groups in total. The number of carbonyl (C=O) groups is 2. The minimum atomic E-state index is -0.239. The van der Waals surface area contributed by atoms with E-state index in [1.54, 1.807) is 0 Å². The first-order chi connectivity index (χ1) is 7.67. The van der Waals surface area contributed by atoms with E-state index in [1.807, 2.05) is 0 Å². The zero-order chi connectivity index (χ0) is 12.0. The number of amides is 2. The molecule has 0 bridgehead atoms. The van der Waals surface area contributed by atoms with E-state index in [-0.39, 0.29) is 17.7 Å². The van der Waals surface area contributed by atoms with E-state index in [2.05, 4.69) is 35.9 Å². The molecule has 1 heterocycles. The molecule has 0 aromatic carbocycles. The third-order valence-corrected chi connectivity index (χ3v) is 2.74. The first kappa shape index (κ1) is 12.7. The molecule has 2 amide bonds. The third kappa shape index (κ3) is 3.67. The molecule has 1 fully saturated rings. The Hall–Kier alpha value is -1.34. The summed E-state index contributed by atoms with van der Waals surface area (Å²) in [6.07, 6.45) is 0.775. The minimum Gasteiger partial charge on any atom is -0.296 e. The van der Waals surface area contributed by atoms with Gasteiger partial charge in [-0.1, -0.05) is 19.8 Å². The maximum absolute atomic E-state index is 11.2. The highest BCUT2D eigenvalue weighted by Crippen LogP contribution is 2.13. The highest BCUT2D eigenvalue weighted by Gasteiger charge is 2.29. The Labute approximate surface area is 96.4 Å². The molecule has 88 valence electrons. The molecule has 0 aromatic heterocycles. The smallest absolute Gasteiger partial charge is 0.231 e. The molecule has 1 saturated heterocycles. The van der Waals surface area contributed by atoms with Crippen LogP contribution < -0.4 is 5.32 Å². The van der Waals surface area contributed by atoms with Gasteiger partial charge in [0.05, 0.1) is 12.5 Å². The molecule has 0 aromatic rings. The van der Waals surface area contributed by atoms with Crippen LogP contribution in [0.25, 0.3) is 0 Å². The zero-order valence-electron chi connectivity index (χ0n) is 9.88. The first-order valence-electron chi connectivity index (χ1n) is 5.69. The van der Waals surface area contributed by atoms with Crippen LogP contribution >= 0.6 is 0 Å². The quantitative estimate of drug-likeness (QED) is 0.553. The van der Waals surface area contributed by atoms with Crippen molar-refractivity contribution >= 4 is 11.8 Å². The highest BCUT2D eigenvalue weighted by atomic mass is 16.2. The number of rotatable bonds is 4. The van der Waals surface area contributed by atoms with Crippen LogP contribution in [0.15, 0.2) is 0 Å². The summed E-state index contributed by atoms with van der Waals surface area (Å²) in [4.78, 5) is 24.3. The van der Waals surface area contributed by atoms with E-state index in [4.69, 9.17) is 0 Å². The Morgan fingerprint density at radius 3 is 2.50 bits per heavy atom. The predicted molar refractivity (Wildman–Crippen MR) is 61.4 cm³/mol. The van der Waals surface area contributed by atoms with Crippen LogP contribution in [0.1, 0.15) is 26.7 Å². The molecule has 1 aliphatic rings. The monoisotopic (exact) mass is 222 g/mol. The average molecular weight is 222 g/mol. The Bertz CT molecular complexity index is 324. The van der Waals surface area contributed by atoms with Crippen molar-refractivity contribution in [1.29, 1.82) is 0 Å². The van der Waals surface area contributed by atoms with Gasteiger partial charge in [-0.2, -0.15) is 0 Å². The van der Waals surface area contributed by atoms with Crippen LogP contribution in [0.2, 0.25) is 0 Å². The topological polar surface area (TPSA) is 49.4 Å².